The lowest BCUT2D eigenvalue weighted by Crippen LogP contribution is -2.49. The topological polar surface area (TPSA) is 63.9 Å². The maximum atomic E-state index is 6.09. The number of methoxy groups -OCH3 is 1. The Morgan fingerprint density at radius 3 is 2.45 bits per heavy atom. The second kappa shape index (κ2) is 8.71. The Labute approximate surface area is 173 Å². The van der Waals surface area contributed by atoms with Crippen LogP contribution in [0.5, 0.6) is 5.75 Å². The second-order valence-electron chi connectivity index (χ2n) is 8.32. The molecule has 0 N–H and O–H groups in total. The van der Waals surface area contributed by atoms with Gasteiger partial charge < -0.3 is 18.8 Å². The molecule has 0 bridgehead atoms. The molecule has 2 aliphatic rings. The van der Waals surface area contributed by atoms with Crippen LogP contribution in [-0.2, 0) is 4.74 Å². The highest BCUT2D eigenvalue weighted by molar-refractivity contribution is 5.63. The quantitative estimate of drug-likeness (QED) is 0.761. The van der Waals surface area contributed by atoms with Crippen LogP contribution in [0.2, 0.25) is 0 Å². The molecule has 0 saturated carbocycles. The molecule has 2 aliphatic heterocycles. The maximum Gasteiger partial charge on any atom is 0.318 e. The normalized spacial score (nSPS) is 19.1. The van der Waals surface area contributed by atoms with Gasteiger partial charge in [0.15, 0.2) is 0 Å². The Bertz CT molecular complexity index is 821. The molecule has 7 nitrogen and oxygen atoms in total. The number of aryl methyl sites for hydroxylation is 1. The van der Waals surface area contributed by atoms with E-state index in [0.29, 0.717) is 23.9 Å². The third-order valence-corrected chi connectivity index (χ3v) is 6.14. The van der Waals surface area contributed by atoms with Gasteiger partial charge in [0, 0.05) is 37.8 Å². The average molecular weight is 401 g/mol. The van der Waals surface area contributed by atoms with Crippen LogP contribution in [0, 0.1) is 6.92 Å². The van der Waals surface area contributed by atoms with E-state index in [-0.39, 0.29) is 0 Å². The molecular weight excluding hydrogens is 368 g/mol. The third kappa shape index (κ3) is 4.26. The number of piperidine rings is 1. The molecule has 158 valence electrons. The van der Waals surface area contributed by atoms with E-state index < -0.39 is 0 Å². The predicted octanol–water partition coefficient (Wildman–Crippen LogP) is 3.48. The molecule has 0 aliphatic carbocycles. The zero-order chi connectivity index (χ0) is 20.4. The molecule has 0 unspecified atom stereocenters. The van der Waals surface area contributed by atoms with Crippen LogP contribution in [0.3, 0.4) is 0 Å². The lowest BCUT2D eigenvalue weighted by atomic mass is 9.96. The predicted molar refractivity (Wildman–Crippen MR) is 113 cm³/mol. The van der Waals surface area contributed by atoms with Gasteiger partial charge in [0.2, 0.25) is 5.89 Å². The Morgan fingerprint density at radius 1 is 1.07 bits per heavy atom. The van der Waals surface area contributed by atoms with Gasteiger partial charge >= 0.3 is 6.01 Å². The van der Waals surface area contributed by atoms with Crippen molar-refractivity contribution >= 4 is 6.01 Å². The largest absolute Gasteiger partial charge is 0.496 e. The van der Waals surface area contributed by atoms with Crippen LogP contribution in [-0.4, -0.2) is 67.6 Å². The summed E-state index contributed by atoms with van der Waals surface area (Å²) in [6.45, 7) is 12.1. The fourth-order valence-corrected chi connectivity index (χ4v) is 4.39. The van der Waals surface area contributed by atoms with Gasteiger partial charge in [-0.3, -0.25) is 4.90 Å². The lowest BCUT2D eigenvalue weighted by molar-refractivity contribution is 0.0113. The summed E-state index contributed by atoms with van der Waals surface area (Å²) < 4.78 is 17.2. The highest BCUT2D eigenvalue weighted by atomic mass is 16.5. The van der Waals surface area contributed by atoms with Crippen molar-refractivity contribution in [2.75, 3.05) is 51.4 Å². The molecule has 4 rings (SSSR count). The first-order valence-corrected chi connectivity index (χ1v) is 10.7. The van der Waals surface area contributed by atoms with Gasteiger partial charge in [-0.05, 0) is 42.9 Å². The number of anilines is 1. The number of aromatic nitrogens is 2. The SMILES string of the molecule is COc1cc(-c2nnc(N3CCC(N4CCOCC4)CC3)o2)c(C)cc1C(C)C. The van der Waals surface area contributed by atoms with Gasteiger partial charge in [0.1, 0.15) is 5.75 Å². The maximum absolute atomic E-state index is 6.09. The monoisotopic (exact) mass is 400 g/mol. The van der Waals surface area contributed by atoms with E-state index in [1.54, 1.807) is 7.11 Å². The van der Waals surface area contributed by atoms with Crippen LogP contribution >= 0.6 is 0 Å². The molecule has 1 aromatic heterocycles. The summed E-state index contributed by atoms with van der Waals surface area (Å²) in [5.74, 6) is 1.82. The minimum Gasteiger partial charge on any atom is -0.496 e. The lowest BCUT2D eigenvalue weighted by Gasteiger charge is -2.39. The smallest absolute Gasteiger partial charge is 0.318 e. The standard InChI is InChI=1S/C22H32N4O3/c1-15(2)18-13-16(3)19(14-20(18)27-4)21-23-24-22(29-21)26-7-5-17(6-8-26)25-9-11-28-12-10-25/h13-15,17H,5-12H2,1-4H3. The third-order valence-electron chi connectivity index (χ3n) is 6.14. The van der Waals surface area contributed by atoms with Crippen LogP contribution in [0.25, 0.3) is 11.5 Å². The molecule has 2 fully saturated rings. The molecule has 29 heavy (non-hydrogen) atoms. The summed E-state index contributed by atoms with van der Waals surface area (Å²) in [6, 6.07) is 5.43. The van der Waals surface area contributed by atoms with Gasteiger partial charge in [0.25, 0.3) is 0 Å². The van der Waals surface area contributed by atoms with Gasteiger partial charge in [-0.1, -0.05) is 25.0 Å². The van der Waals surface area contributed by atoms with Crippen molar-refractivity contribution in [3.63, 3.8) is 0 Å². The first-order valence-electron chi connectivity index (χ1n) is 10.7. The molecule has 1 aromatic carbocycles. The molecule has 2 aromatic rings. The molecule has 0 radical (unpaired) electrons. The molecule has 0 spiro atoms. The minimum atomic E-state index is 0.392. The summed E-state index contributed by atoms with van der Waals surface area (Å²) in [4.78, 5) is 4.77. The summed E-state index contributed by atoms with van der Waals surface area (Å²) >= 11 is 0. The molecule has 2 saturated heterocycles. The average Bonchev–Trinajstić information content (AvgIpc) is 3.24. The van der Waals surface area contributed by atoms with E-state index >= 15 is 0 Å². The molecule has 0 atom stereocenters. The van der Waals surface area contributed by atoms with Crippen LogP contribution in [0.4, 0.5) is 6.01 Å². The molecular formula is C22H32N4O3. The zero-order valence-corrected chi connectivity index (χ0v) is 18.0. The van der Waals surface area contributed by atoms with E-state index in [9.17, 15) is 0 Å². The number of nitrogens with zero attached hydrogens (tertiary/aromatic N) is 4. The van der Waals surface area contributed by atoms with Crippen LogP contribution < -0.4 is 9.64 Å². The van der Waals surface area contributed by atoms with E-state index in [1.807, 2.05) is 6.07 Å². The Hall–Kier alpha value is -2.12. The Kier molecular flexibility index (Phi) is 6.06. The fraction of sp³-hybridized carbons (Fsp3) is 0.636. The Morgan fingerprint density at radius 2 is 1.79 bits per heavy atom. The summed E-state index contributed by atoms with van der Waals surface area (Å²) in [5, 5.41) is 8.68. The molecule has 3 heterocycles. The van der Waals surface area contributed by atoms with Crippen molar-refractivity contribution in [2.45, 2.75) is 45.6 Å². The van der Waals surface area contributed by atoms with Gasteiger partial charge in [-0.15, -0.1) is 5.10 Å². The number of ether oxygens (including phenoxy) is 2. The molecule has 0 amide bonds. The minimum absolute atomic E-state index is 0.392. The van der Waals surface area contributed by atoms with Crippen LogP contribution in [0.1, 0.15) is 43.7 Å². The van der Waals surface area contributed by atoms with Crippen LogP contribution in [0.15, 0.2) is 16.5 Å². The first kappa shape index (κ1) is 20.2. The fourth-order valence-electron chi connectivity index (χ4n) is 4.39. The summed E-state index contributed by atoms with van der Waals surface area (Å²) in [5.41, 5.74) is 3.25. The van der Waals surface area contributed by atoms with E-state index in [0.717, 1.165) is 69.1 Å². The second-order valence-corrected chi connectivity index (χ2v) is 8.32. The van der Waals surface area contributed by atoms with Crippen molar-refractivity contribution in [3.8, 4) is 17.2 Å². The van der Waals surface area contributed by atoms with Gasteiger partial charge in [-0.2, -0.15) is 0 Å². The molecule has 7 heteroatoms. The first-order chi connectivity index (χ1) is 14.1. The zero-order valence-electron chi connectivity index (χ0n) is 18.0. The Balaban J connectivity index is 1.46. The van der Waals surface area contributed by atoms with E-state index in [4.69, 9.17) is 13.9 Å². The number of hydrogen-bond donors (Lipinski definition) is 0. The summed E-state index contributed by atoms with van der Waals surface area (Å²) in [6.07, 6.45) is 2.24. The van der Waals surface area contributed by atoms with Crippen molar-refractivity contribution in [1.29, 1.82) is 0 Å². The number of benzene rings is 1. The number of hydrogen-bond acceptors (Lipinski definition) is 7. The van der Waals surface area contributed by atoms with Gasteiger partial charge in [-0.25, -0.2) is 0 Å². The van der Waals surface area contributed by atoms with Crippen molar-refractivity contribution in [2.24, 2.45) is 0 Å². The number of morpholine rings is 1. The van der Waals surface area contributed by atoms with E-state index in [2.05, 4.69) is 46.8 Å². The highest BCUT2D eigenvalue weighted by Crippen LogP contribution is 2.35. The van der Waals surface area contributed by atoms with Crippen molar-refractivity contribution in [3.05, 3.63) is 23.3 Å². The number of rotatable bonds is 5. The van der Waals surface area contributed by atoms with Gasteiger partial charge in [0.05, 0.1) is 20.3 Å². The van der Waals surface area contributed by atoms with Crippen molar-refractivity contribution in [1.82, 2.24) is 15.1 Å². The highest BCUT2D eigenvalue weighted by Gasteiger charge is 2.28. The van der Waals surface area contributed by atoms with E-state index in [1.165, 1.54) is 5.56 Å². The van der Waals surface area contributed by atoms with Crippen molar-refractivity contribution < 1.29 is 13.9 Å². The summed E-state index contributed by atoms with van der Waals surface area (Å²) in [7, 11) is 1.71.